The van der Waals surface area contributed by atoms with Gasteiger partial charge in [-0.1, -0.05) is 32.0 Å². The van der Waals surface area contributed by atoms with E-state index in [1.807, 2.05) is 0 Å². The highest BCUT2D eigenvalue weighted by Gasteiger charge is 2.11. The summed E-state index contributed by atoms with van der Waals surface area (Å²) in [4.78, 5) is 5.68. The lowest BCUT2D eigenvalue weighted by Crippen LogP contribution is -2.38. The molecule has 0 radical (unpaired) electrons. The van der Waals surface area contributed by atoms with Crippen LogP contribution in [0.1, 0.15) is 19.4 Å². The Morgan fingerprint density at radius 3 is 2.67 bits per heavy atom. The molecular formula is C15H23N3. The Kier molecular flexibility index (Phi) is 4.39. The molecule has 0 saturated heterocycles. The fourth-order valence-corrected chi connectivity index (χ4v) is 2.46. The van der Waals surface area contributed by atoms with Crippen LogP contribution in [0, 0.1) is 0 Å². The maximum atomic E-state index is 6.25. The Hall–Kier alpha value is -1.32. The molecule has 2 rings (SSSR count). The maximum absolute atomic E-state index is 6.25. The highest BCUT2D eigenvalue weighted by Crippen LogP contribution is 2.18. The predicted molar refractivity (Wildman–Crippen MR) is 77.8 cm³/mol. The van der Waals surface area contributed by atoms with E-state index in [2.05, 4.69) is 54.2 Å². The summed E-state index contributed by atoms with van der Waals surface area (Å²) < 4.78 is 0. The normalized spacial score (nSPS) is 13.3. The molecule has 0 saturated carbocycles. The van der Waals surface area contributed by atoms with E-state index in [0.29, 0.717) is 0 Å². The van der Waals surface area contributed by atoms with E-state index in [1.165, 1.54) is 16.5 Å². The van der Waals surface area contributed by atoms with Gasteiger partial charge in [-0.3, -0.25) is 0 Å². The summed E-state index contributed by atoms with van der Waals surface area (Å²) in [7, 11) is 0. The lowest BCUT2D eigenvalue weighted by Gasteiger charge is -2.22. The molecule has 98 valence electrons. The van der Waals surface area contributed by atoms with Gasteiger partial charge in [-0.05, 0) is 31.1 Å². The second-order valence-electron chi connectivity index (χ2n) is 4.81. The topological polar surface area (TPSA) is 45.0 Å². The van der Waals surface area contributed by atoms with Crippen molar-refractivity contribution in [2.75, 3.05) is 19.6 Å². The van der Waals surface area contributed by atoms with E-state index in [0.717, 1.165) is 26.1 Å². The number of likely N-dealkylation sites (N-methyl/N-ethyl adjacent to an activating group) is 1. The number of aromatic nitrogens is 1. The highest BCUT2D eigenvalue weighted by molar-refractivity contribution is 5.83. The molecule has 1 atom stereocenters. The van der Waals surface area contributed by atoms with E-state index >= 15 is 0 Å². The summed E-state index contributed by atoms with van der Waals surface area (Å²) in [6.07, 6.45) is 3.02. The van der Waals surface area contributed by atoms with Gasteiger partial charge >= 0.3 is 0 Å². The minimum atomic E-state index is 0.198. The van der Waals surface area contributed by atoms with Crippen LogP contribution in [0.5, 0.6) is 0 Å². The summed E-state index contributed by atoms with van der Waals surface area (Å²) in [6, 6.07) is 8.60. The van der Waals surface area contributed by atoms with Gasteiger partial charge in [-0.25, -0.2) is 0 Å². The van der Waals surface area contributed by atoms with Crippen molar-refractivity contribution in [1.82, 2.24) is 9.88 Å². The molecule has 18 heavy (non-hydrogen) atoms. The Morgan fingerprint density at radius 1 is 1.22 bits per heavy atom. The number of hydrogen-bond donors (Lipinski definition) is 2. The molecule has 1 heterocycles. The first-order valence-corrected chi connectivity index (χ1v) is 6.77. The van der Waals surface area contributed by atoms with Gasteiger partial charge in [-0.2, -0.15) is 0 Å². The molecule has 1 unspecified atom stereocenters. The largest absolute Gasteiger partial charge is 0.361 e. The van der Waals surface area contributed by atoms with Crippen LogP contribution in [-0.4, -0.2) is 35.6 Å². The van der Waals surface area contributed by atoms with Gasteiger partial charge in [-0.15, -0.1) is 0 Å². The van der Waals surface area contributed by atoms with Crippen LogP contribution < -0.4 is 5.73 Å². The fourth-order valence-electron chi connectivity index (χ4n) is 2.46. The van der Waals surface area contributed by atoms with Gasteiger partial charge in [0.15, 0.2) is 0 Å². The minimum Gasteiger partial charge on any atom is -0.361 e. The molecule has 0 aliphatic rings. The van der Waals surface area contributed by atoms with Crippen LogP contribution in [-0.2, 0) is 6.42 Å². The van der Waals surface area contributed by atoms with E-state index in [1.54, 1.807) is 0 Å². The number of H-pyrrole nitrogens is 1. The van der Waals surface area contributed by atoms with E-state index in [4.69, 9.17) is 5.73 Å². The average Bonchev–Trinajstić information content (AvgIpc) is 2.79. The molecule has 3 N–H and O–H groups in total. The zero-order chi connectivity index (χ0) is 13.0. The third-order valence-electron chi connectivity index (χ3n) is 3.54. The van der Waals surface area contributed by atoms with Crippen LogP contribution in [0.4, 0.5) is 0 Å². The van der Waals surface area contributed by atoms with Gasteiger partial charge < -0.3 is 15.6 Å². The molecule has 3 nitrogen and oxygen atoms in total. The molecule has 0 aliphatic heterocycles. The molecule has 0 spiro atoms. The van der Waals surface area contributed by atoms with Crippen LogP contribution in [0.3, 0.4) is 0 Å². The summed E-state index contributed by atoms with van der Waals surface area (Å²) in [5.74, 6) is 0. The summed E-state index contributed by atoms with van der Waals surface area (Å²) in [6.45, 7) is 7.46. The number of fused-ring (bicyclic) bond motifs is 1. The number of para-hydroxylation sites is 1. The van der Waals surface area contributed by atoms with Crippen LogP contribution >= 0.6 is 0 Å². The number of rotatable bonds is 6. The number of nitrogens with two attached hydrogens (primary N) is 1. The van der Waals surface area contributed by atoms with Crippen molar-refractivity contribution in [3.63, 3.8) is 0 Å². The van der Waals surface area contributed by atoms with Crippen LogP contribution in [0.2, 0.25) is 0 Å². The van der Waals surface area contributed by atoms with Gasteiger partial charge in [0, 0.05) is 29.7 Å². The minimum absolute atomic E-state index is 0.198. The van der Waals surface area contributed by atoms with Crippen molar-refractivity contribution in [3.8, 4) is 0 Å². The van der Waals surface area contributed by atoms with Gasteiger partial charge in [0.25, 0.3) is 0 Å². The van der Waals surface area contributed by atoms with E-state index in [9.17, 15) is 0 Å². The van der Waals surface area contributed by atoms with Crippen molar-refractivity contribution in [3.05, 3.63) is 36.0 Å². The Morgan fingerprint density at radius 2 is 1.94 bits per heavy atom. The smallest absolute Gasteiger partial charge is 0.0456 e. The Balaban J connectivity index is 2.04. The van der Waals surface area contributed by atoms with Gasteiger partial charge in [0.05, 0.1) is 0 Å². The molecule has 0 amide bonds. The van der Waals surface area contributed by atoms with Crippen molar-refractivity contribution >= 4 is 10.9 Å². The standard InChI is InChI=1S/C15H23N3/c1-3-18(4-2)11-13(16)9-12-10-17-15-8-6-5-7-14(12)15/h5-8,10,13,17H,3-4,9,11,16H2,1-2H3. The molecule has 2 aromatic rings. The number of aromatic amines is 1. The SMILES string of the molecule is CCN(CC)CC(N)Cc1c[nH]c2ccccc12. The third kappa shape index (κ3) is 2.92. The zero-order valence-corrected chi connectivity index (χ0v) is 11.3. The quantitative estimate of drug-likeness (QED) is 0.820. The Labute approximate surface area is 109 Å². The third-order valence-corrected chi connectivity index (χ3v) is 3.54. The first kappa shape index (κ1) is 13.1. The molecule has 1 aromatic heterocycles. The fraction of sp³-hybridized carbons (Fsp3) is 0.467. The molecule has 0 aliphatic carbocycles. The number of nitrogens with one attached hydrogen (secondary N) is 1. The second kappa shape index (κ2) is 6.03. The number of hydrogen-bond acceptors (Lipinski definition) is 2. The molecule has 1 aromatic carbocycles. The van der Waals surface area contributed by atoms with Gasteiger partial charge in [0.2, 0.25) is 0 Å². The average molecular weight is 245 g/mol. The lowest BCUT2D eigenvalue weighted by atomic mass is 10.1. The zero-order valence-electron chi connectivity index (χ0n) is 11.3. The summed E-state index contributed by atoms with van der Waals surface area (Å²) in [5, 5.41) is 1.30. The summed E-state index contributed by atoms with van der Waals surface area (Å²) in [5.41, 5.74) is 8.77. The molecule has 0 fully saturated rings. The maximum Gasteiger partial charge on any atom is 0.0456 e. The lowest BCUT2D eigenvalue weighted by molar-refractivity contribution is 0.282. The van der Waals surface area contributed by atoms with Crippen LogP contribution in [0.15, 0.2) is 30.5 Å². The number of nitrogens with zero attached hydrogens (tertiary/aromatic N) is 1. The van der Waals surface area contributed by atoms with Gasteiger partial charge in [0.1, 0.15) is 0 Å². The van der Waals surface area contributed by atoms with Crippen molar-refractivity contribution in [2.24, 2.45) is 5.73 Å². The van der Waals surface area contributed by atoms with Crippen molar-refractivity contribution < 1.29 is 0 Å². The van der Waals surface area contributed by atoms with Crippen molar-refractivity contribution in [2.45, 2.75) is 26.3 Å². The van der Waals surface area contributed by atoms with Crippen LogP contribution in [0.25, 0.3) is 10.9 Å². The molecule has 0 bridgehead atoms. The van der Waals surface area contributed by atoms with Crippen molar-refractivity contribution in [1.29, 1.82) is 0 Å². The monoisotopic (exact) mass is 245 g/mol. The highest BCUT2D eigenvalue weighted by atomic mass is 15.1. The molecular weight excluding hydrogens is 222 g/mol. The first-order valence-electron chi connectivity index (χ1n) is 6.77. The van der Waals surface area contributed by atoms with E-state index < -0.39 is 0 Å². The van der Waals surface area contributed by atoms with E-state index in [-0.39, 0.29) is 6.04 Å². The molecule has 3 heteroatoms. The summed E-state index contributed by atoms with van der Waals surface area (Å²) >= 11 is 0. The first-order chi connectivity index (χ1) is 8.74. The number of benzene rings is 1. The second-order valence-corrected chi connectivity index (χ2v) is 4.81. The predicted octanol–water partition coefficient (Wildman–Crippen LogP) is 2.38. The Bertz CT molecular complexity index is 485.